The summed E-state index contributed by atoms with van der Waals surface area (Å²) in [7, 11) is 0. The average molecular weight is 315 g/mol. The maximum Gasteiger partial charge on any atom is 0.241 e. The van der Waals surface area contributed by atoms with Gasteiger partial charge in [-0.2, -0.15) is 0 Å². The molecular weight excluding hydrogens is 288 g/mol. The lowest BCUT2D eigenvalue weighted by Gasteiger charge is -2.25. The predicted molar refractivity (Wildman–Crippen MR) is 89.7 cm³/mol. The Hall–Kier alpha value is -1.10. The monoisotopic (exact) mass is 314 g/mol. The minimum Gasteiger partial charge on any atom is -0.374 e. The SMILES string of the molecule is CC(C)OCc1ccc(NC(=O)[C@@H](N)C(C)(C)C)cc1.Cl. The lowest BCUT2D eigenvalue weighted by molar-refractivity contribution is -0.119. The van der Waals surface area contributed by atoms with E-state index in [1.807, 2.05) is 58.9 Å². The van der Waals surface area contributed by atoms with Crippen LogP contribution in [0.2, 0.25) is 0 Å². The Morgan fingerprint density at radius 2 is 1.76 bits per heavy atom. The minimum atomic E-state index is -0.536. The molecule has 0 aliphatic carbocycles. The summed E-state index contributed by atoms with van der Waals surface area (Å²) < 4.78 is 5.52. The van der Waals surface area contributed by atoms with Gasteiger partial charge in [0.15, 0.2) is 0 Å². The highest BCUT2D eigenvalue weighted by molar-refractivity contribution is 5.95. The molecule has 21 heavy (non-hydrogen) atoms. The topological polar surface area (TPSA) is 64.3 Å². The van der Waals surface area contributed by atoms with Crippen LogP contribution in [0.25, 0.3) is 0 Å². The van der Waals surface area contributed by atoms with Crippen molar-refractivity contribution in [3.8, 4) is 0 Å². The van der Waals surface area contributed by atoms with E-state index in [4.69, 9.17) is 10.5 Å². The van der Waals surface area contributed by atoms with Crippen LogP contribution in [0, 0.1) is 5.41 Å². The second-order valence-corrected chi connectivity index (χ2v) is 6.39. The van der Waals surface area contributed by atoms with E-state index in [-0.39, 0.29) is 29.8 Å². The summed E-state index contributed by atoms with van der Waals surface area (Å²) in [6.07, 6.45) is 0.208. The van der Waals surface area contributed by atoms with Crippen LogP contribution in [-0.4, -0.2) is 18.1 Å². The fourth-order valence-electron chi connectivity index (χ4n) is 1.56. The first-order valence-corrected chi connectivity index (χ1v) is 6.97. The van der Waals surface area contributed by atoms with Crippen molar-refractivity contribution in [3.63, 3.8) is 0 Å². The number of carbonyl (C=O) groups excluding carboxylic acids is 1. The molecule has 1 rings (SSSR count). The van der Waals surface area contributed by atoms with Crippen LogP contribution in [-0.2, 0) is 16.1 Å². The van der Waals surface area contributed by atoms with Crippen molar-refractivity contribution >= 4 is 24.0 Å². The minimum absolute atomic E-state index is 0. The number of anilines is 1. The van der Waals surface area contributed by atoms with Crippen LogP contribution < -0.4 is 11.1 Å². The highest BCUT2D eigenvalue weighted by Crippen LogP contribution is 2.19. The van der Waals surface area contributed by atoms with Gasteiger partial charge in [0.05, 0.1) is 18.8 Å². The molecule has 1 amide bonds. The number of rotatable bonds is 5. The molecular formula is C16H27ClN2O2. The van der Waals surface area contributed by atoms with Gasteiger partial charge in [0.1, 0.15) is 0 Å². The second kappa shape index (κ2) is 8.37. The smallest absolute Gasteiger partial charge is 0.241 e. The van der Waals surface area contributed by atoms with Gasteiger partial charge in [0, 0.05) is 5.69 Å². The Balaban J connectivity index is 0.00000400. The highest BCUT2D eigenvalue weighted by atomic mass is 35.5. The van der Waals surface area contributed by atoms with Crippen LogP contribution >= 0.6 is 12.4 Å². The Morgan fingerprint density at radius 1 is 1.24 bits per heavy atom. The van der Waals surface area contributed by atoms with Gasteiger partial charge in [-0.15, -0.1) is 12.4 Å². The zero-order valence-corrected chi connectivity index (χ0v) is 14.3. The molecule has 0 heterocycles. The largest absolute Gasteiger partial charge is 0.374 e. The van der Waals surface area contributed by atoms with Crippen LogP contribution in [0.3, 0.4) is 0 Å². The summed E-state index contributed by atoms with van der Waals surface area (Å²) in [5.41, 5.74) is 7.50. The van der Waals surface area contributed by atoms with E-state index in [1.54, 1.807) is 0 Å². The van der Waals surface area contributed by atoms with E-state index in [2.05, 4.69) is 5.32 Å². The molecule has 0 unspecified atom stereocenters. The van der Waals surface area contributed by atoms with E-state index < -0.39 is 6.04 Å². The van der Waals surface area contributed by atoms with Crippen LogP contribution in [0.15, 0.2) is 24.3 Å². The van der Waals surface area contributed by atoms with Crippen molar-refractivity contribution in [3.05, 3.63) is 29.8 Å². The fraction of sp³-hybridized carbons (Fsp3) is 0.562. The third kappa shape index (κ3) is 6.93. The lowest BCUT2D eigenvalue weighted by atomic mass is 9.87. The Labute approximate surface area is 133 Å². The molecule has 4 nitrogen and oxygen atoms in total. The molecule has 5 heteroatoms. The first kappa shape index (κ1) is 19.9. The number of hydrogen-bond donors (Lipinski definition) is 2. The van der Waals surface area contributed by atoms with Crippen molar-refractivity contribution in [2.75, 3.05) is 5.32 Å². The molecule has 0 saturated heterocycles. The summed E-state index contributed by atoms with van der Waals surface area (Å²) in [6, 6.07) is 7.09. The van der Waals surface area contributed by atoms with E-state index in [9.17, 15) is 4.79 Å². The van der Waals surface area contributed by atoms with Gasteiger partial charge in [-0.1, -0.05) is 32.9 Å². The number of amides is 1. The predicted octanol–water partition coefficient (Wildman–Crippen LogP) is 3.35. The molecule has 0 aromatic heterocycles. The molecule has 0 aliphatic rings. The number of carbonyl (C=O) groups is 1. The molecule has 0 aliphatic heterocycles. The fourth-order valence-corrected chi connectivity index (χ4v) is 1.56. The molecule has 120 valence electrons. The van der Waals surface area contributed by atoms with E-state index in [0.717, 1.165) is 11.3 Å². The first-order chi connectivity index (χ1) is 9.20. The van der Waals surface area contributed by atoms with Crippen LogP contribution in [0.5, 0.6) is 0 Å². The zero-order valence-electron chi connectivity index (χ0n) is 13.5. The van der Waals surface area contributed by atoms with Gasteiger partial charge in [0.2, 0.25) is 5.91 Å². The van der Waals surface area contributed by atoms with Gasteiger partial charge in [0.25, 0.3) is 0 Å². The van der Waals surface area contributed by atoms with Crippen molar-refractivity contribution in [2.45, 2.75) is 53.4 Å². The molecule has 3 N–H and O–H groups in total. The van der Waals surface area contributed by atoms with Crippen molar-refractivity contribution in [1.82, 2.24) is 0 Å². The third-order valence-electron chi connectivity index (χ3n) is 3.02. The number of benzene rings is 1. The molecule has 0 saturated carbocycles. The van der Waals surface area contributed by atoms with Crippen LogP contribution in [0.4, 0.5) is 5.69 Å². The molecule has 1 aromatic carbocycles. The van der Waals surface area contributed by atoms with E-state index in [0.29, 0.717) is 6.61 Å². The maximum atomic E-state index is 12.0. The van der Waals surface area contributed by atoms with Gasteiger partial charge in [-0.3, -0.25) is 4.79 Å². The Bertz CT molecular complexity index is 439. The molecule has 1 aromatic rings. The summed E-state index contributed by atoms with van der Waals surface area (Å²) in [5, 5.41) is 2.84. The lowest BCUT2D eigenvalue weighted by Crippen LogP contribution is -2.45. The quantitative estimate of drug-likeness (QED) is 0.876. The van der Waals surface area contributed by atoms with Gasteiger partial charge in [-0.25, -0.2) is 0 Å². The number of nitrogens with two attached hydrogens (primary N) is 1. The molecule has 1 atom stereocenters. The van der Waals surface area contributed by atoms with Gasteiger partial charge >= 0.3 is 0 Å². The Kier molecular flexibility index (Phi) is 7.93. The second-order valence-electron chi connectivity index (χ2n) is 6.39. The standard InChI is InChI=1S/C16H26N2O2.ClH/c1-11(2)20-10-12-6-8-13(9-7-12)18-15(19)14(17)16(3,4)5;/h6-9,11,14H,10,17H2,1-5H3,(H,18,19);1H/t14-;/m1./s1. The van der Waals surface area contributed by atoms with Gasteiger partial charge < -0.3 is 15.8 Å². The molecule has 0 bridgehead atoms. The van der Waals surface area contributed by atoms with Gasteiger partial charge in [-0.05, 0) is 37.0 Å². The summed E-state index contributed by atoms with van der Waals surface area (Å²) in [5.74, 6) is -0.163. The number of halogens is 1. The van der Waals surface area contributed by atoms with E-state index in [1.165, 1.54) is 0 Å². The number of hydrogen-bond acceptors (Lipinski definition) is 3. The summed E-state index contributed by atoms with van der Waals surface area (Å²) >= 11 is 0. The van der Waals surface area contributed by atoms with E-state index >= 15 is 0 Å². The number of ether oxygens (including phenoxy) is 1. The summed E-state index contributed by atoms with van der Waals surface area (Å²) in [4.78, 5) is 12.0. The van der Waals surface area contributed by atoms with Crippen molar-refractivity contribution < 1.29 is 9.53 Å². The average Bonchev–Trinajstić information content (AvgIpc) is 2.35. The van der Waals surface area contributed by atoms with Crippen LogP contribution in [0.1, 0.15) is 40.2 Å². The Morgan fingerprint density at radius 3 is 2.19 bits per heavy atom. The highest BCUT2D eigenvalue weighted by Gasteiger charge is 2.27. The zero-order chi connectivity index (χ0) is 15.3. The van der Waals surface area contributed by atoms with Crippen molar-refractivity contribution in [2.24, 2.45) is 11.1 Å². The molecule has 0 fully saturated rings. The molecule has 0 spiro atoms. The first-order valence-electron chi connectivity index (χ1n) is 6.97. The maximum absolute atomic E-state index is 12.0. The normalized spacial score (nSPS) is 12.7. The number of nitrogens with one attached hydrogen (secondary N) is 1. The van der Waals surface area contributed by atoms with Crippen molar-refractivity contribution in [1.29, 1.82) is 0 Å². The summed E-state index contributed by atoms with van der Waals surface area (Å²) in [6.45, 7) is 10.4. The molecule has 0 radical (unpaired) electrons. The third-order valence-corrected chi connectivity index (χ3v) is 3.02.